The van der Waals surface area contributed by atoms with Crippen molar-refractivity contribution in [2.75, 3.05) is 0 Å². The normalized spacial score (nSPS) is 10.5. The SMILES string of the molecule is CCCn1nncc1C(=O)c1cncc(C)c1. The molecule has 2 aromatic heterocycles. The molecule has 2 heterocycles. The first kappa shape index (κ1) is 11.4. The van der Waals surface area contributed by atoms with Crippen molar-refractivity contribution in [1.82, 2.24) is 20.0 Å². The summed E-state index contributed by atoms with van der Waals surface area (Å²) in [5.74, 6) is -0.0837. The average molecular weight is 230 g/mol. The Balaban J connectivity index is 2.33. The number of nitrogens with zero attached hydrogens (tertiary/aromatic N) is 4. The molecule has 0 N–H and O–H groups in total. The zero-order valence-corrected chi connectivity index (χ0v) is 9.92. The topological polar surface area (TPSA) is 60.7 Å². The lowest BCUT2D eigenvalue weighted by atomic mass is 10.1. The molecule has 0 spiro atoms. The second-order valence-corrected chi connectivity index (χ2v) is 3.92. The van der Waals surface area contributed by atoms with Crippen molar-refractivity contribution in [3.8, 4) is 0 Å². The summed E-state index contributed by atoms with van der Waals surface area (Å²) in [5.41, 5.74) is 2.05. The Morgan fingerprint density at radius 1 is 1.35 bits per heavy atom. The number of pyridine rings is 1. The molecular formula is C12H14N4O. The molecule has 0 aliphatic heterocycles. The third-order valence-electron chi connectivity index (χ3n) is 2.42. The van der Waals surface area contributed by atoms with Crippen LogP contribution in [0.25, 0.3) is 0 Å². The van der Waals surface area contributed by atoms with Crippen molar-refractivity contribution >= 4 is 5.78 Å². The molecule has 2 aromatic rings. The molecule has 2 rings (SSSR count). The molecule has 0 saturated carbocycles. The first-order chi connectivity index (χ1) is 8.22. The fourth-order valence-corrected chi connectivity index (χ4v) is 1.64. The molecule has 5 heteroatoms. The van der Waals surface area contributed by atoms with E-state index >= 15 is 0 Å². The van der Waals surface area contributed by atoms with E-state index in [1.165, 1.54) is 6.20 Å². The fraction of sp³-hybridized carbons (Fsp3) is 0.333. The summed E-state index contributed by atoms with van der Waals surface area (Å²) in [4.78, 5) is 16.2. The monoisotopic (exact) mass is 230 g/mol. The molecule has 0 aliphatic rings. The lowest BCUT2D eigenvalue weighted by molar-refractivity contribution is 0.102. The summed E-state index contributed by atoms with van der Waals surface area (Å²) >= 11 is 0. The summed E-state index contributed by atoms with van der Waals surface area (Å²) in [6, 6.07) is 1.82. The van der Waals surface area contributed by atoms with Crippen molar-refractivity contribution in [2.45, 2.75) is 26.8 Å². The van der Waals surface area contributed by atoms with E-state index in [9.17, 15) is 4.79 Å². The first-order valence-electron chi connectivity index (χ1n) is 5.57. The minimum absolute atomic E-state index is 0.0837. The van der Waals surface area contributed by atoms with Crippen LogP contribution in [0, 0.1) is 6.92 Å². The number of aromatic nitrogens is 4. The van der Waals surface area contributed by atoms with Crippen molar-refractivity contribution in [3.63, 3.8) is 0 Å². The molecule has 0 bridgehead atoms. The second kappa shape index (κ2) is 4.86. The Labute approximate surface area is 99.5 Å². The number of rotatable bonds is 4. The highest BCUT2D eigenvalue weighted by atomic mass is 16.1. The molecule has 5 nitrogen and oxygen atoms in total. The smallest absolute Gasteiger partial charge is 0.214 e. The predicted molar refractivity (Wildman–Crippen MR) is 62.7 cm³/mol. The standard InChI is InChI=1S/C12H14N4O/c1-3-4-16-11(8-14-15-16)12(17)10-5-9(2)6-13-7-10/h5-8H,3-4H2,1-2H3. The van der Waals surface area contributed by atoms with Crippen LogP contribution < -0.4 is 0 Å². The lowest BCUT2D eigenvalue weighted by Crippen LogP contribution is -2.11. The van der Waals surface area contributed by atoms with Crippen molar-refractivity contribution in [3.05, 3.63) is 41.5 Å². The maximum absolute atomic E-state index is 12.2. The predicted octanol–water partition coefficient (Wildman–Crippen LogP) is 1.62. The number of carbonyl (C=O) groups excluding carboxylic acids is 1. The van der Waals surface area contributed by atoms with Gasteiger partial charge >= 0.3 is 0 Å². The van der Waals surface area contributed by atoms with Gasteiger partial charge < -0.3 is 0 Å². The van der Waals surface area contributed by atoms with Crippen LogP contribution in [0.1, 0.15) is 35.0 Å². The zero-order chi connectivity index (χ0) is 12.3. The number of hydrogen-bond acceptors (Lipinski definition) is 4. The minimum atomic E-state index is -0.0837. The maximum Gasteiger partial charge on any atom is 0.214 e. The van der Waals surface area contributed by atoms with Crippen LogP contribution in [0.4, 0.5) is 0 Å². The van der Waals surface area contributed by atoms with Gasteiger partial charge in [-0.2, -0.15) is 0 Å². The van der Waals surface area contributed by atoms with E-state index in [0.29, 0.717) is 17.8 Å². The Hall–Kier alpha value is -2.04. The molecule has 0 saturated heterocycles. The van der Waals surface area contributed by atoms with Gasteiger partial charge in [-0.1, -0.05) is 12.1 Å². The summed E-state index contributed by atoms with van der Waals surface area (Å²) in [6.45, 7) is 4.63. The largest absolute Gasteiger partial charge is 0.287 e. The van der Waals surface area contributed by atoms with Crippen LogP contribution >= 0.6 is 0 Å². The van der Waals surface area contributed by atoms with Gasteiger partial charge in [0.05, 0.1) is 6.20 Å². The molecule has 17 heavy (non-hydrogen) atoms. The fourth-order valence-electron chi connectivity index (χ4n) is 1.64. The van der Waals surface area contributed by atoms with Gasteiger partial charge in [0.1, 0.15) is 5.69 Å². The van der Waals surface area contributed by atoms with Crippen LogP contribution in [0.5, 0.6) is 0 Å². The van der Waals surface area contributed by atoms with Crippen molar-refractivity contribution in [1.29, 1.82) is 0 Å². The summed E-state index contributed by atoms with van der Waals surface area (Å²) in [5, 5.41) is 7.68. The second-order valence-electron chi connectivity index (χ2n) is 3.92. The summed E-state index contributed by atoms with van der Waals surface area (Å²) < 4.78 is 1.63. The van der Waals surface area contributed by atoms with Crippen LogP contribution in [0.2, 0.25) is 0 Å². The molecule has 88 valence electrons. The van der Waals surface area contributed by atoms with E-state index in [4.69, 9.17) is 0 Å². The highest BCUT2D eigenvalue weighted by Gasteiger charge is 2.15. The van der Waals surface area contributed by atoms with Crippen molar-refractivity contribution < 1.29 is 4.79 Å². The van der Waals surface area contributed by atoms with Gasteiger partial charge in [0.15, 0.2) is 0 Å². The van der Waals surface area contributed by atoms with Crippen molar-refractivity contribution in [2.24, 2.45) is 0 Å². The Morgan fingerprint density at radius 2 is 2.18 bits per heavy atom. The van der Waals surface area contributed by atoms with Gasteiger partial charge in [0.2, 0.25) is 5.78 Å². The molecule has 0 aromatic carbocycles. The van der Waals surface area contributed by atoms with E-state index in [0.717, 1.165) is 12.0 Å². The van der Waals surface area contributed by atoms with E-state index in [-0.39, 0.29) is 5.78 Å². The zero-order valence-electron chi connectivity index (χ0n) is 9.92. The summed E-state index contributed by atoms with van der Waals surface area (Å²) in [7, 11) is 0. The van der Waals surface area contributed by atoms with Gasteiger partial charge in [-0.15, -0.1) is 5.10 Å². The summed E-state index contributed by atoms with van der Waals surface area (Å²) in [6.07, 6.45) is 5.70. The Kier molecular flexibility index (Phi) is 3.27. The van der Waals surface area contributed by atoms with Gasteiger partial charge in [0.25, 0.3) is 0 Å². The molecule has 0 fully saturated rings. The van der Waals surface area contributed by atoms with Crippen LogP contribution in [-0.2, 0) is 6.54 Å². The molecule has 0 radical (unpaired) electrons. The number of ketones is 1. The van der Waals surface area contributed by atoms with Crippen LogP contribution in [-0.4, -0.2) is 25.8 Å². The highest BCUT2D eigenvalue weighted by Crippen LogP contribution is 2.09. The average Bonchev–Trinajstić information content (AvgIpc) is 2.77. The van der Waals surface area contributed by atoms with Gasteiger partial charge in [0, 0.05) is 24.5 Å². The highest BCUT2D eigenvalue weighted by molar-refractivity contribution is 6.07. The van der Waals surface area contributed by atoms with E-state index in [2.05, 4.69) is 15.3 Å². The quantitative estimate of drug-likeness (QED) is 0.749. The molecule has 0 amide bonds. The third kappa shape index (κ3) is 2.38. The number of aryl methyl sites for hydroxylation is 2. The van der Waals surface area contributed by atoms with E-state index < -0.39 is 0 Å². The third-order valence-corrected chi connectivity index (χ3v) is 2.42. The van der Waals surface area contributed by atoms with E-state index in [1.807, 2.05) is 19.9 Å². The first-order valence-corrected chi connectivity index (χ1v) is 5.57. The van der Waals surface area contributed by atoms with Gasteiger partial charge in [-0.05, 0) is 25.0 Å². The molecule has 0 atom stereocenters. The minimum Gasteiger partial charge on any atom is -0.287 e. The van der Waals surface area contributed by atoms with Gasteiger partial charge in [-0.3, -0.25) is 9.78 Å². The maximum atomic E-state index is 12.2. The Bertz CT molecular complexity index is 533. The lowest BCUT2D eigenvalue weighted by Gasteiger charge is -2.03. The van der Waals surface area contributed by atoms with Crippen LogP contribution in [0.15, 0.2) is 24.7 Å². The molecule has 0 unspecified atom stereocenters. The van der Waals surface area contributed by atoms with E-state index in [1.54, 1.807) is 17.1 Å². The molecule has 0 aliphatic carbocycles. The van der Waals surface area contributed by atoms with Gasteiger partial charge in [-0.25, -0.2) is 4.68 Å². The van der Waals surface area contributed by atoms with Crippen LogP contribution in [0.3, 0.4) is 0 Å². The molecular weight excluding hydrogens is 216 g/mol. The number of carbonyl (C=O) groups is 1. The Morgan fingerprint density at radius 3 is 2.88 bits per heavy atom. The number of hydrogen-bond donors (Lipinski definition) is 0.